The first-order valence-corrected chi connectivity index (χ1v) is 6.02. The van der Waals surface area contributed by atoms with Crippen molar-refractivity contribution in [1.29, 1.82) is 5.26 Å². The maximum absolute atomic E-state index is 9.90. The van der Waals surface area contributed by atoms with Crippen LogP contribution >= 0.6 is 0 Å². The molecule has 84 valence electrons. The summed E-state index contributed by atoms with van der Waals surface area (Å²) in [4.78, 5) is 0. The smallest absolute Gasteiger partial charge is 0.136 e. The first-order valence-electron chi connectivity index (χ1n) is 6.02. The maximum Gasteiger partial charge on any atom is 0.136 e. The van der Waals surface area contributed by atoms with Crippen LogP contribution in [0.3, 0.4) is 0 Å². The van der Waals surface area contributed by atoms with Gasteiger partial charge in [-0.3, -0.25) is 0 Å². The van der Waals surface area contributed by atoms with Gasteiger partial charge in [0.15, 0.2) is 0 Å². The lowest BCUT2D eigenvalue weighted by molar-refractivity contribution is 0.351. The van der Waals surface area contributed by atoms with Crippen LogP contribution in [0, 0.1) is 17.2 Å². The minimum atomic E-state index is 0.190. The van der Waals surface area contributed by atoms with E-state index in [9.17, 15) is 5.11 Å². The van der Waals surface area contributed by atoms with E-state index < -0.39 is 0 Å². The van der Waals surface area contributed by atoms with Crippen LogP contribution < -0.4 is 0 Å². The summed E-state index contributed by atoms with van der Waals surface area (Å²) in [7, 11) is 0. The topological polar surface area (TPSA) is 44.0 Å². The van der Waals surface area contributed by atoms with Crippen LogP contribution in [0.2, 0.25) is 0 Å². The van der Waals surface area contributed by atoms with E-state index in [1.165, 1.54) is 32.1 Å². The van der Waals surface area contributed by atoms with E-state index >= 15 is 0 Å². The lowest BCUT2D eigenvalue weighted by atomic mass is 9.84. The predicted molar refractivity (Wildman–Crippen MR) is 63.1 cm³/mol. The molecule has 0 saturated heterocycles. The van der Waals surface area contributed by atoms with E-state index in [0.717, 1.165) is 12.0 Å². The van der Waals surface area contributed by atoms with E-state index in [1.54, 1.807) is 6.07 Å². The fourth-order valence-electron chi connectivity index (χ4n) is 2.55. The third kappa shape index (κ3) is 2.36. The Morgan fingerprint density at radius 1 is 1.25 bits per heavy atom. The first kappa shape index (κ1) is 11.0. The number of nitrogens with zero attached hydrogens (tertiary/aromatic N) is 1. The van der Waals surface area contributed by atoms with Crippen molar-refractivity contribution in [1.82, 2.24) is 0 Å². The summed E-state index contributed by atoms with van der Waals surface area (Å²) >= 11 is 0. The number of phenolic OH excluding ortho intramolecular Hbond substituents is 1. The van der Waals surface area contributed by atoms with Crippen LogP contribution in [0.4, 0.5) is 0 Å². The molecule has 2 heteroatoms. The number of benzene rings is 1. The van der Waals surface area contributed by atoms with Crippen molar-refractivity contribution in [2.75, 3.05) is 0 Å². The summed E-state index contributed by atoms with van der Waals surface area (Å²) in [6.45, 7) is 0. The summed E-state index contributed by atoms with van der Waals surface area (Å²) < 4.78 is 0. The Hall–Kier alpha value is -1.49. The van der Waals surface area contributed by atoms with E-state index in [-0.39, 0.29) is 5.75 Å². The quantitative estimate of drug-likeness (QED) is 0.821. The second-order valence-corrected chi connectivity index (χ2v) is 4.63. The molecule has 0 bridgehead atoms. The summed E-state index contributed by atoms with van der Waals surface area (Å²) in [5, 5.41) is 18.7. The Morgan fingerprint density at radius 2 is 2.00 bits per heavy atom. The first-order chi connectivity index (χ1) is 7.81. The number of phenols is 1. The highest BCUT2D eigenvalue weighted by Crippen LogP contribution is 2.30. The highest BCUT2D eigenvalue weighted by molar-refractivity contribution is 5.47. The van der Waals surface area contributed by atoms with Gasteiger partial charge in [-0.1, -0.05) is 44.2 Å². The van der Waals surface area contributed by atoms with Gasteiger partial charge in [-0.2, -0.15) is 5.26 Å². The molecule has 0 aliphatic heterocycles. The number of hydrogen-bond donors (Lipinski definition) is 1. The van der Waals surface area contributed by atoms with Crippen molar-refractivity contribution in [2.45, 2.75) is 38.5 Å². The van der Waals surface area contributed by atoms with Crippen LogP contribution in [0.5, 0.6) is 5.75 Å². The average Bonchev–Trinajstić information content (AvgIpc) is 2.33. The third-order valence-electron chi connectivity index (χ3n) is 3.47. The van der Waals surface area contributed by atoms with E-state index in [2.05, 4.69) is 0 Å². The number of nitriles is 1. The van der Waals surface area contributed by atoms with Gasteiger partial charge in [0, 0.05) is 0 Å². The fourth-order valence-corrected chi connectivity index (χ4v) is 2.55. The molecular formula is C14H17NO. The van der Waals surface area contributed by atoms with Gasteiger partial charge in [-0.25, -0.2) is 0 Å². The van der Waals surface area contributed by atoms with E-state index in [0.29, 0.717) is 11.5 Å². The standard InChI is InChI=1S/C14H17NO/c15-10-13-8-4-7-12(14(13)16)9-11-5-2-1-3-6-11/h4,7-8,11,16H,1-3,5-6,9H2. The number of para-hydroxylation sites is 1. The molecule has 2 nitrogen and oxygen atoms in total. The summed E-state index contributed by atoms with van der Waals surface area (Å²) in [6.07, 6.45) is 7.40. The highest BCUT2D eigenvalue weighted by Gasteiger charge is 2.16. The Balaban J connectivity index is 2.12. The van der Waals surface area contributed by atoms with Crippen molar-refractivity contribution in [3.8, 4) is 11.8 Å². The van der Waals surface area contributed by atoms with Crippen LogP contribution in [-0.4, -0.2) is 5.11 Å². The van der Waals surface area contributed by atoms with Crippen LogP contribution in [0.15, 0.2) is 18.2 Å². The molecule has 1 fully saturated rings. The molecule has 1 saturated carbocycles. The van der Waals surface area contributed by atoms with Crippen molar-refractivity contribution in [3.05, 3.63) is 29.3 Å². The fraction of sp³-hybridized carbons (Fsp3) is 0.500. The SMILES string of the molecule is N#Cc1cccc(CC2CCCCC2)c1O. The zero-order chi connectivity index (χ0) is 11.4. The van der Waals surface area contributed by atoms with Crippen molar-refractivity contribution in [2.24, 2.45) is 5.92 Å². The maximum atomic E-state index is 9.90. The molecule has 1 N–H and O–H groups in total. The number of rotatable bonds is 2. The van der Waals surface area contributed by atoms with Crippen LogP contribution in [0.25, 0.3) is 0 Å². The van der Waals surface area contributed by atoms with Crippen molar-refractivity contribution < 1.29 is 5.11 Å². The molecule has 1 aliphatic rings. The third-order valence-corrected chi connectivity index (χ3v) is 3.47. The lowest BCUT2D eigenvalue weighted by Gasteiger charge is -2.21. The zero-order valence-corrected chi connectivity index (χ0v) is 9.45. The molecule has 1 aliphatic carbocycles. The van der Waals surface area contributed by atoms with Gasteiger partial charge >= 0.3 is 0 Å². The molecule has 16 heavy (non-hydrogen) atoms. The molecule has 1 aromatic rings. The lowest BCUT2D eigenvalue weighted by Crippen LogP contribution is -2.09. The second kappa shape index (κ2) is 5.03. The normalized spacial score (nSPS) is 16.9. The molecule has 0 radical (unpaired) electrons. The molecule has 0 unspecified atom stereocenters. The molecule has 0 aromatic heterocycles. The summed E-state index contributed by atoms with van der Waals surface area (Å²) in [5.74, 6) is 0.879. The molecule has 0 heterocycles. The minimum absolute atomic E-state index is 0.190. The van der Waals surface area contributed by atoms with Gasteiger partial charge in [0.25, 0.3) is 0 Å². The van der Waals surface area contributed by atoms with Crippen LogP contribution in [-0.2, 0) is 6.42 Å². The van der Waals surface area contributed by atoms with Gasteiger partial charge in [-0.15, -0.1) is 0 Å². The minimum Gasteiger partial charge on any atom is -0.506 e. The predicted octanol–water partition coefficient (Wildman–Crippen LogP) is 3.39. The molecule has 0 spiro atoms. The second-order valence-electron chi connectivity index (χ2n) is 4.63. The monoisotopic (exact) mass is 215 g/mol. The average molecular weight is 215 g/mol. The van der Waals surface area contributed by atoms with Gasteiger partial charge in [-0.05, 0) is 24.0 Å². The number of hydrogen-bond acceptors (Lipinski definition) is 2. The highest BCUT2D eigenvalue weighted by atomic mass is 16.3. The Bertz CT molecular complexity index is 400. The van der Waals surface area contributed by atoms with Gasteiger partial charge in [0.2, 0.25) is 0 Å². The summed E-state index contributed by atoms with van der Waals surface area (Å²) in [5.41, 5.74) is 1.33. The van der Waals surface area contributed by atoms with Gasteiger partial charge in [0.05, 0.1) is 5.56 Å². The zero-order valence-electron chi connectivity index (χ0n) is 9.45. The molecule has 0 atom stereocenters. The molecular weight excluding hydrogens is 198 g/mol. The summed E-state index contributed by atoms with van der Waals surface area (Å²) in [6, 6.07) is 7.48. The molecule has 2 rings (SSSR count). The van der Waals surface area contributed by atoms with Gasteiger partial charge in [0.1, 0.15) is 11.8 Å². The Morgan fingerprint density at radius 3 is 2.69 bits per heavy atom. The van der Waals surface area contributed by atoms with E-state index in [4.69, 9.17) is 5.26 Å². The molecule has 1 aromatic carbocycles. The number of aromatic hydroxyl groups is 1. The largest absolute Gasteiger partial charge is 0.506 e. The van der Waals surface area contributed by atoms with Crippen molar-refractivity contribution >= 4 is 0 Å². The molecule has 0 amide bonds. The van der Waals surface area contributed by atoms with E-state index in [1.807, 2.05) is 18.2 Å². The van der Waals surface area contributed by atoms with Gasteiger partial charge < -0.3 is 5.11 Å². The Kier molecular flexibility index (Phi) is 3.46. The van der Waals surface area contributed by atoms with Crippen LogP contribution in [0.1, 0.15) is 43.2 Å². The Labute approximate surface area is 96.5 Å². The van der Waals surface area contributed by atoms with Crippen molar-refractivity contribution in [3.63, 3.8) is 0 Å².